The quantitative estimate of drug-likeness (QED) is 0.587. The van der Waals surface area contributed by atoms with E-state index in [1.807, 2.05) is 30.0 Å². The molecule has 0 aliphatic carbocycles. The Bertz CT molecular complexity index is 774. The van der Waals surface area contributed by atoms with Gasteiger partial charge in [-0.1, -0.05) is 12.1 Å². The molecule has 0 amide bonds. The topological polar surface area (TPSA) is 72.1 Å². The minimum absolute atomic E-state index is 0.332. The predicted octanol–water partition coefficient (Wildman–Crippen LogP) is 3.18. The second-order valence-corrected chi connectivity index (χ2v) is 7.38. The SMILES string of the molecule is COc1ccc(OC)c(NC(N)=NCc2ccc(N3CCSCC3)cc2)c1. The number of thioether (sulfide) groups is 1. The average molecular weight is 387 g/mol. The summed E-state index contributed by atoms with van der Waals surface area (Å²) >= 11 is 2.02. The predicted molar refractivity (Wildman–Crippen MR) is 114 cm³/mol. The molecule has 0 atom stereocenters. The van der Waals surface area contributed by atoms with Crippen molar-refractivity contribution in [2.45, 2.75) is 6.54 Å². The normalized spacial score (nSPS) is 14.7. The Labute approximate surface area is 164 Å². The van der Waals surface area contributed by atoms with Gasteiger partial charge >= 0.3 is 0 Å². The first-order chi connectivity index (χ1) is 13.2. The smallest absolute Gasteiger partial charge is 0.193 e. The molecule has 0 unspecified atom stereocenters. The largest absolute Gasteiger partial charge is 0.497 e. The fourth-order valence-electron chi connectivity index (χ4n) is 2.90. The number of guanidine groups is 1. The number of methoxy groups -OCH3 is 2. The molecule has 1 saturated heterocycles. The summed E-state index contributed by atoms with van der Waals surface area (Å²) in [7, 11) is 3.23. The molecule has 27 heavy (non-hydrogen) atoms. The highest BCUT2D eigenvalue weighted by atomic mass is 32.2. The van der Waals surface area contributed by atoms with Crippen LogP contribution in [0.2, 0.25) is 0 Å². The van der Waals surface area contributed by atoms with Gasteiger partial charge in [0, 0.05) is 36.3 Å². The lowest BCUT2D eigenvalue weighted by Crippen LogP contribution is -2.32. The number of hydrogen-bond donors (Lipinski definition) is 2. The van der Waals surface area contributed by atoms with Gasteiger partial charge in [0.15, 0.2) is 5.96 Å². The Balaban J connectivity index is 1.62. The second kappa shape index (κ2) is 9.41. The summed E-state index contributed by atoms with van der Waals surface area (Å²) in [5.41, 5.74) is 9.16. The molecule has 0 radical (unpaired) electrons. The molecule has 1 aliphatic rings. The molecule has 0 saturated carbocycles. The first-order valence-electron chi connectivity index (χ1n) is 8.90. The van der Waals surface area contributed by atoms with Gasteiger partial charge in [-0.2, -0.15) is 11.8 Å². The summed E-state index contributed by atoms with van der Waals surface area (Å²) in [4.78, 5) is 6.86. The Hall–Kier alpha value is -2.54. The Morgan fingerprint density at radius 3 is 2.52 bits per heavy atom. The summed E-state index contributed by atoms with van der Waals surface area (Å²) in [6.07, 6.45) is 0. The van der Waals surface area contributed by atoms with Crippen LogP contribution in [0.15, 0.2) is 47.5 Å². The standard InChI is InChI=1S/C20H26N4O2S/c1-25-17-7-8-19(26-2)18(13-17)23-20(21)22-14-15-3-5-16(6-4-15)24-9-11-27-12-10-24/h3-8,13H,9-12,14H2,1-2H3,(H3,21,22,23). The minimum atomic E-state index is 0.332. The number of nitrogens with two attached hydrogens (primary N) is 1. The Morgan fingerprint density at radius 2 is 1.85 bits per heavy atom. The second-order valence-electron chi connectivity index (χ2n) is 6.16. The van der Waals surface area contributed by atoms with Crippen molar-refractivity contribution in [3.8, 4) is 11.5 Å². The molecule has 1 heterocycles. The number of aliphatic imine (C=N–C) groups is 1. The number of benzene rings is 2. The van der Waals surface area contributed by atoms with E-state index >= 15 is 0 Å². The summed E-state index contributed by atoms with van der Waals surface area (Å²) in [6, 6.07) is 14.0. The number of ether oxygens (including phenoxy) is 2. The molecule has 6 nitrogen and oxygen atoms in total. The fraction of sp³-hybridized carbons (Fsp3) is 0.350. The van der Waals surface area contributed by atoms with Crippen LogP contribution in [0.4, 0.5) is 11.4 Å². The van der Waals surface area contributed by atoms with Crippen molar-refractivity contribution in [3.05, 3.63) is 48.0 Å². The number of anilines is 2. The van der Waals surface area contributed by atoms with Crippen LogP contribution in [-0.2, 0) is 6.54 Å². The van der Waals surface area contributed by atoms with Gasteiger partial charge in [0.1, 0.15) is 11.5 Å². The third kappa shape index (κ3) is 5.23. The van der Waals surface area contributed by atoms with Crippen LogP contribution >= 0.6 is 11.8 Å². The van der Waals surface area contributed by atoms with E-state index in [1.165, 1.54) is 17.2 Å². The van der Waals surface area contributed by atoms with E-state index in [0.29, 0.717) is 18.3 Å². The van der Waals surface area contributed by atoms with Crippen molar-refractivity contribution in [3.63, 3.8) is 0 Å². The molecular formula is C20H26N4O2S. The van der Waals surface area contributed by atoms with Gasteiger partial charge in [-0.3, -0.25) is 0 Å². The van der Waals surface area contributed by atoms with Crippen LogP contribution in [0.5, 0.6) is 11.5 Å². The van der Waals surface area contributed by atoms with Crippen LogP contribution in [0.1, 0.15) is 5.56 Å². The van der Waals surface area contributed by atoms with E-state index in [4.69, 9.17) is 15.2 Å². The van der Waals surface area contributed by atoms with Crippen LogP contribution in [-0.4, -0.2) is 44.8 Å². The van der Waals surface area contributed by atoms with Gasteiger partial charge in [0.05, 0.1) is 26.5 Å². The van der Waals surface area contributed by atoms with Gasteiger partial charge in [-0.05, 0) is 29.8 Å². The van der Waals surface area contributed by atoms with Crippen molar-refractivity contribution >= 4 is 29.1 Å². The van der Waals surface area contributed by atoms with Crippen molar-refractivity contribution < 1.29 is 9.47 Å². The maximum atomic E-state index is 6.05. The highest BCUT2D eigenvalue weighted by Gasteiger charge is 2.11. The summed E-state index contributed by atoms with van der Waals surface area (Å²) in [5.74, 6) is 4.12. The van der Waals surface area contributed by atoms with Crippen molar-refractivity contribution in [2.75, 3.05) is 49.0 Å². The van der Waals surface area contributed by atoms with E-state index < -0.39 is 0 Å². The van der Waals surface area contributed by atoms with Gasteiger partial charge in [0.2, 0.25) is 0 Å². The number of nitrogens with zero attached hydrogens (tertiary/aromatic N) is 2. The van der Waals surface area contributed by atoms with Crippen LogP contribution in [0.25, 0.3) is 0 Å². The summed E-state index contributed by atoms with van der Waals surface area (Å²) in [6.45, 7) is 2.74. The third-order valence-corrected chi connectivity index (χ3v) is 5.36. The molecular weight excluding hydrogens is 360 g/mol. The molecule has 2 aromatic rings. The lowest BCUT2D eigenvalue weighted by atomic mass is 10.2. The van der Waals surface area contributed by atoms with E-state index in [0.717, 1.165) is 30.1 Å². The van der Waals surface area contributed by atoms with Crippen LogP contribution < -0.4 is 25.4 Å². The minimum Gasteiger partial charge on any atom is -0.497 e. The zero-order valence-corrected chi connectivity index (χ0v) is 16.6. The van der Waals surface area contributed by atoms with E-state index in [2.05, 4.69) is 39.5 Å². The first-order valence-corrected chi connectivity index (χ1v) is 10.1. The van der Waals surface area contributed by atoms with E-state index in [1.54, 1.807) is 14.2 Å². The Morgan fingerprint density at radius 1 is 1.11 bits per heavy atom. The number of rotatable bonds is 6. The number of nitrogens with one attached hydrogen (secondary N) is 1. The zero-order chi connectivity index (χ0) is 19.1. The third-order valence-electron chi connectivity index (χ3n) is 4.41. The van der Waals surface area contributed by atoms with Crippen molar-refractivity contribution in [1.82, 2.24) is 0 Å². The molecule has 1 aliphatic heterocycles. The Kier molecular flexibility index (Phi) is 6.70. The molecule has 3 N–H and O–H groups in total. The van der Waals surface area contributed by atoms with Crippen LogP contribution in [0, 0.1) is 0 Å². The summed E-state index contributed by atoms with van der Waals surface area (Å²) in [5, 5.41) is 3.08. The molecule has 1 fully saturated rings. The molecule has 2 aromatic carbocycles. The highest BCUT2D eigenvalue weighted by Crippen LogP contribution is 2.28. The first kappa shape index (κ1) is 19.2. The molecule has 0 spiro atoms. The maximum absolute atomic E-state index is 6.05. The number of hydrogen-bond acceptors (Lipinski definition) is 5. The molecule has 144 valence electrons. The van der Waals surface area contributed by atoms with Gasteiger partial charge in [-0.15, -0.1) is 0 Å². The monoisotopic (exact) mass is 386 g/mol. The zero-order valence-electron chi connectivity index (χ0n) is 15.8. The lowest BCUT2D eigenvalue weighted by molar-refractivity contribution is 0.405. The lowest BCUT2D eigenvalue weighted by Gasteiger charge is -2.28. The van der Waals surface area contributed by atoms with Crippen molar-refractivity contribution in [1.29, 1.82) is 0 Å². The highest BCUT2D eigenvalue weighted by molar-refractivity contribution is 7.99. The van der Waals surface area contributed by atoms with E-state index in [9.17, 15) is 0 Å². The average Bonchev–Trinajstić information content (AvgIpc) is 2.73. The van der Waals surface area contributed by atoms with Crippen LogP contribution in [0.3, 0.4) is 0 Å². The molecule has 0 bridgehead atoms. The fourth-order valence-corrected chi connectivity index (χ4v) is 3.80. The van der Waals surface area contributed by atoms with Crippen molar-refractivity contribution in [2.24, 2.45) is 10.7 Å². The summed E-state index contributed by atoms with van der Waals surface area (Å²) < 4.78 is 10.6. The molecule has 7 heteroatoms. The molecule has 3 rings (SSSR count). The molecule has 0 aromatic heterocycles. The van der Waals surface area contributed by atoms with Gasteiger partial charge in [0.25, 0.3) is 0 Å². The maximum Gasteiger partial charge on any atom is 0.193 e. The van der Waals surface area contributed by atoms with Gasteiger partial charge in [-0.25, -0.2) is 4.99 Å². The van der Waals surface area contributed by atoms with Gasteiger partial charge < -0.3 is 25.4 Å². The van der Waals surface area contributed by atoms with E-state index in [-0.39, 0.29) is 0 Å².